The fraction of sp³-hybridized carbons (Fsp3) is 0.194. The maximum atomic E-state index is 13.6. The van der Waals surface area contributed by atoms with Gasteiger partial charge < -0.3 is 32.8 Å². The maximum absolute atomic E-state index is 13.6. The van der Waals surface area contributed by atoms with Gasteiger partial charge in [0.25, 0.3) is 0 Å². The standard InChI is InChI=1S/C31H24O10/c1-35-16-5-7-21-19(12-16)28(33)20(14-39-21)18-13-26(32)40-22-8-6-17-29(34)23(41-30(17)27(18)22)9-15-10-24(36-2)31(38-4)25(11-15)37-3/h5-12,14,18H,13H2,1-4H3. The number of esters is 1. The SMILES string of the molecule is COc1ccc2occ(C3CC(=O)Oc4ccc5c(c43)OC(=Cc3cc(OC)c(OC)c(OC)c3)C5=O)c(=O)c2c1. The second kappa shape index (κ2) is 10.1. The lowest BCUT2D eigenvalue weighted by molar-refractivity contribution is -0.135. The molecule has 0 fully saturated rings. The van der Waals surface area contributed by atoms with Gasteiger partial charge in [-0.1, -0.05) is 0 Å². The first kappa shape index (κ1) is 26.0. The predicted octanol–water partition coefficient (Wildman–Crippen LogP) is 4.88. The molecule has 1 aromatic heterocycles. The molecule has 0 bridgehead atoms. The van der Waals surface area contributed by atoms with E-state index in [-0.39, 0.29) is 46.0 Å². The van der Waals surface area contributed by atoms with Gasteiger partial charge in [0.2, 0.25) is 11.5 Å². The minimum Gasteiger partial charge on any atom is -0.497 e. The number of carbonyl (C=O) groups excluding carboxylic acids is 2. The Hall–Kier alpha value is -5.25. The van der Waals surface area contributed by atoms with Crippen molar-refractivity contribution >= 4 is 28.8 Å². The maximum Gasteiger partial charge on any atom is 0.312 e. The number of allylic oxidation sites excluding steroid dienone is 1. The van der Waals surface area contributed by atoms with Crippen molar-refractivity contribution in [2.24, 2.45) is 0 Å². The predicted molar refractivity (Wildman–Crippen MR) is 147 cm³/mol. The Morgan fingerprint density at radius 2 is 1.61 bits per heavy atom. The third-order valence-corrected chi connectivity index (χ3v) is 7.15. The van der Waals surface area contributed by atoms with Crippen LogP contribution in [0.2, 0.25) is 0 Å². The van der Waals surface area contributed by atoms with Crippen LogP contribution in [0, 0.1) is 0 Å². The van der Waals surface area contributed by atoms with E-state index in [0.717, 1.165) is 0 Å². The summed E-state index contributed by atoms with van der Waals surface area (Å²) in [4.78, 5) is 39.7. The van der Waals surface area contributed by atoms with Crippen LogP contribution in [0.15, 0.2) is 63.7 Å². The molecule has 2 aliphatic heterocycles. The third-order valence-electron chi connectivity index (χ3n) is 7.15. The van der Waals surface area contributed by atoms with Gasteiger partial charge in [-0.25, -0.2) is 0 Å². The number of fused-ring (bicyclic) bond motifs is 4. The zero-order valence-electron chi connectivity index (χ0n) is 22.6. The molecule has 0 spiro atoms. The van der Waals surface area contributed by atoms with E-state index in [0.29, 0.717) is 45.1 Å². The Labute approximate surface area is 233 Å². The molecule has 2 aliphatic rings. The molecule has 10 heteroatoms. The van der Waals surface area contributed by atoms with E-state index in [1.807, 2.05) is 0 Å². The second-order valence-electron chi connectivity index (χ2n) is 9.37. The smallest absolute Gasteiger partial charge is 0.312 e. The molecule has 3 aromatic carbocycles. The highest BCUT2D eigenvalue weighted by atomic mass is 16.5. The number of ether oxygens (including phenoxy) is 6. The van der Waals surface area contributed by atoms with Crippen molar-refractivity contribution in [3.63, 3.8) is 0 Å². The van der Waals surface area contributed by atoms with Crippen LogP contribution >= 0.6 is 0 Å². The molecular weight excluding hydrogens is 532 g/mol. The molecule has 0 radical (unpaired) electrons. The Morgan fingerprint density at radius 3 is 2.29 bits per heavy atom. The van der Waals surface area contributed by atoms with E-state index in [1.165, 1.54) is 46.8 Å². The Morgan fingerprint density at radius 1 is 0.854 bits per heavy atom. The van der Waals surface area contributed by atoms with Crippen LogP contribution in [0.25, 0.3) is 17.0 Å². The molecule has 41 heavy (non-hydrogen) atoms. The molecule has 0 saturated heterocycles. The highest BCUT2D eigenvalue weighted by molar-refractivity contribution is 6.15. The first-order valence-electron chi connectivity index (χ1n) is 12.6. The van der Waals surface area contributed by atoms with E-state index in [4.69, 9.17) is 32.8 Å². The molecular formula is C31H24O10. The normalized spacial score (nSPS) is 16.6. The van der Waals surface area contributed by atoms with Crippen molar-refractivity contribution in [1.82, 2.24) is 0 Å². The molecule has 0 saturated carbocycles. The minimum absolute atomic E-state index is 0.0357. The largest absolute Gasteiger partial charge is 0.497 e. The molecule has 208 valence electrons. The minimum atomic E-state index is -0.777. The molecule has 6 rings (SSSR count). The average Bonchev–Trinajstić information content (AvgIpc) is 3.30. The van der Waals surface area contributed by atoms with Crippen molar-refractivity contribution in [2.75, 3.05) is 28.4 Å². The van der Waals surface area contributed by atoms with Crippen LogP contribution in [0.3, 0.4) is 0 Å². The van der Waals surface area contributed by atoms with Crippen LogP contribution in [0.4, 0.5) is 0 Å². The van der Waals surface area contributed by atoms with Gasteiger partial charge in [-0.3, -0.25) is 14.4 Å². The molecule has 4 aromatic rings. The zero-order chi connectivity index (χ0) is 28.8. The van der Waals surface area contributed by atoms with E-state index in [9.17, 15) is 14.4 Å². The Bertz CT molecular complexity index is 1810. The second-order valence-corrected chi connectivity index (χ2v) is 9.37. The van der Waals surface area contributed by atoms with E-state index in [1.54, 1.807) is 36.4 Å². The number of ketones is 1. The van der Waals surface area contributed by atoms with Gasteiger partial charge in [0.1, 0.15) is 22.8 Å². The van der Waals surface area contributed by atoms with Gasteiger partial charge >= 0.3 is 5.97 Å². The van der Waals surface area contributed by atoms with Crippen LogP contribution in [0.5, 0.6) is 34.5 Å². The number of methoxy groups -OCH3 is 4. The summed E-state index contributed by atoms with van der Waals surface area (Å²) in [5.74, 6) is 0.496. The van der Waals surface area contributed by atoms with E-state index < -0.39 is 11.9 Å². The van der Waals surface area contributed by atoms with Gasteiger partial charge in [0, 0.05) is 17.0 Å². The zero-order valence-corrected chi connectivity index (χ0v) is 22.6. The number of carbonyl (C=O) groups is 2. The summed E-state index contributed by atoms with van der Waals surface area (Å²) in [6.45, 7) is 0. The summed E-state index contributed by atoms with van der Waals surface area (Å²) in [7, 11) is 5.99. The first-order chi connectivity index (χ1) is 19.9. The summed E-state index contributed by atoms with van der Waals surface area (Å²) in [6.07, 6.45) is 2.75. The summed E-state index contributed by atoms with van der Waals surface area (Å²) < 4.78 is 38.9. The van der Waals surface area contributed by atoms with Gasteiger partial charge in [-0.05, 0) is 54.1 Å². The lowest BCUT2D eigenvalue weighted by atomic mass is 9.85. The molecule has 1 atom stereocenters. The number of rotatable bonds is 6. The summed E-state index contributed by atoms with van der Waals surface area (Å²) in [5.41, 5.74) is 1.53. The van der Waals surface area contributed by atoms with Gasteiger partial charge in [0.05, 0.1) is 52.1 Å². The highest BCUT2D eigenvalue weighted by Gasteiger charge is 2.39. The Balaban J connectivity index is 1.47. The Kier molecular flexibility index (Phi) is 6.37. The van der Waals surface area contributed by atoms with Crippen LogP contribution in [-0.2, 0) is 4.79 Å². The average molecular weight is 557 g/mol. The van der Waals surface area contributed by atoms with Crippen molar-refractivity contribution in [3.8, 4) is 34.5 Å². The number of hydrogen-bond donors (Lipinski definition) is 0. The van der Waals surface area contributed by atoms with E-state index >= 15 is 0 Å². The number of hydrogen-bond acceptors (Lipinski definition) is 10. The van der Waals surface area contributed by atoms with Crippen LogP contribution < -0.4 is 33.8 Å². The first-order valence-corrected chi connectivity index (χ1v) is 12.6. The molecule has 3 heterocycles. The summed E-state index contributed by atoms with van der Waals surface area (Å²) in [6, 6.07) is 11.4. The van der Waals surface area contributed by atoms with Gasteiger partial charge in [-0.2, -0.15) is 0 Å². The van der Waals surface area contributed by atoms with Crippen molar-refractivity contribution in [1.29, 1.82) is 0 Å². The van der Waals surface area contributed by atoms with E-state index in [2.05, 4.69) is 0 Å². The monoisotopic (exact) mass is 556 g/mol. The van der Waals surface area contributed by atoms with Crippen LogP contribution in [-0.4, -0.2) is 40.2 Å². The quantitative estimate of drug-likeness (QED) is 0.185. The number of benzene rings is 3. The fourth-order valence-electron chi connectivity index (χ4n) is 5.20. The molecule has 0 aliphatic carbocycles. The van der Waals surface area contributed by atoms with Crippen molar-refractivity contribution < 1.29 is 42.4 Å². The summed E-state index contributed by atoms with van der Waals surface area (Å²) in [5, 5.41) is 0.301. The lowest BCUT2D eigenvalue weighted by Crippen LogP contribution is -2.25. The summed E-state index contributed by atoms with van der Waals surface area (Å²) >= 11 is 0. The topological polar surface area (TPSA) is 120 Å². The molecule has 1 unspecified atom stereocenters. The third kappa shape index (κ3) is 4.24. The van der Waals surface area contributed by atoms with Crippen molar-refractivity contribution in [2.45, 2.75) is 12.3 Å². The molecule has 0 amide bonds. The van der Waals surface area contributed by atoms with Crippen molar-refractivity contribution in [3.05, 3.63) is 87.0 Å². The van der Waals surface area contributed by atoms with Crippen LogP contribution in [0.1, 0.15) is 39.4 Å². The number of Topliss-reactive ketones (excluding diaryl/α,β-unsaturated/α-hetero) is 1. The lowest BCUT2D eigenvalue weighted by Gasteiger charge is -2.25. The van der Waals surface area contributed by atoms with Gasteiger partial charge in [0.15, 0.2) is 22.7 Å². The highest BCUT2D eigenvalue weighted by Crippen LogP contribution is 2.49. The molecule has 10 nitrogen and oxygen atoms in total. The molecule has 0 N–H and O–H groups in total. The fourth-order valence-corrected chi connectivity index (χ4v) is 5.20. The van der Waals surface area contributed by atoms with Gasteiger partial charge in [-0.15, -0.1) is 0 Å².